The van der Waals surface area contributed by atoms with E-state index >= 15 is 0 Å². The van der Waals surface area contributed by atoms with Gasteiger partial charge < -0.3 is 9.51 Å². The van der Waals surface area contributed by atoms with Crippen LogP contribution in [0.2, 0.25) is 0 Å². The predicted molar refractivity (Wildman–Crippen MR) is 104 cm³/mol. The van der Waals surface area contributed by atoms with E-state index in [1.165, 1.54) is 12.1 Å². The van der Waals surface area contributed by atoms with Gasteiger partial charge in [0, 0.05) is 25.9 Å². The summed E-state index contributed by atoms with van der Waals surface area (Å²) in [5.74, 6) is 1.02. The third-order valence-electron chi connectivity index (χ3n) is 5.27. The van der Waals surface area contributed by atoms with Crippen LogP contribution in [-0.2, 0) is 25.9 Å². The number of fused-ring (bicyclic) bond motifs is 1. The number of aromatic nitrogens is 4. The first kappa shape index (κ1) is 17.8. The first-order valence-electron chi connectivity index (χ1n) is 9.60. The zero-order valence-corrected chi connectivity index (χ0v) is 15.8. The molecule has 3 heterocycles. The molecule has 2 aromatic heterocycles. The molecule has 4 aromatic rings. The average Bonchev–Trinajstić information content (AvgIpc) is 3.39. The van der Waals surface area contributed by atoms with Crippen LogP contribution < -0.4 is 0 Å². The number of imidazole rings is 1. The number of nitrogens with one attached hydrogen (secondary N) is 1. The molecule has 1 aliphatic heterocycles. The molecule has 146 valence electrons. The van der Waals surface area contributed by atoms with Gasteiger partial charge in [0.05, 0.1) is 23.8 Å². The molecule has 0 radical (unpaired) electrons. The van der Waals surface area contributed by atoms with E-state index in [1.54, 1.807) is 6.33 Å². The van der Waals surface area contributed by atoms with E-state index in [2.05, 4.69) is 25.0 Å². The summed E-state index contributed by atoms with van der Waals surface area (Å²) in [5.41, 5.74) is 4.28. The lowest BCUT2D eigenvalue weighted by molar-refractivity contribution is 0.128. The van der Waals surface area contributed by atoms with Gasteiger partial charge in [0.25, 0.3) is 0 Å². The number of H-pyrrole nitrogens is 1. The fourth-order valence-electron chi connectivity index (χ4n) is 3.77. The predicted octanol–water partition coefficient (Wildman–Crippen LogP) is 3.82. The van der Waals surface area contributed by atoms with E-state index in [9.17, 15) is 4.39 Å². The standard InChI is InChI=1S/C22H20FN5O/c23-17-8-6-16(7-9-17)12-28-13-19-18(24-14-25-19)11-20(28)22-26-21(27-29-22)10-15-4-2-1-3-5-15/h1-9,14,20H,10-13H2,(H,24,25)/t20-/m0/s1. The van der Waals surface area contributed by atoms with E-state index in [4.69, 9.17) is 4.52 Å². The summed E-state index contributed by atoms with van der Waals surface area (Å²) in [6, 6.07) is 16.6. The number of benzene rings is 2. The maximum Gasteiger partial charge on any atom is 0.244 e. The van der Waals surface area contributed by atoms with Gasteiger partial charge in [-0.05, 0) is 23.3 Å². The summed E-state index contributed by atoms with van der Waals surface area (Å²) in [6.07, 6.45) is 3.04. The lowest BCUT2D eigenvalue weighted by Crippen LogP contribution is -2.34. The Morgan fingerprint density at radius 1 is 1.07 bits per heavy atom. The molecule has 7 heteroatoms. The third kappa shape index (κ3) is 3.82. The Labute approximate surface area is 167 Å². The Balaban J connectivity index is 1.40. The van der Waals surface area contributed by atoms with Gasteiger partial charge in [-0.3, -0.25) is 4.90 Å². The molecule has 0 saturated heterocycles. The van der Waals surface area contributed by atoms with E-state index in [0.29, 0.717) is 37.6 Å². The first-order valence-corrected chi connectivity index (χ1v) is 9.60. The lowest BCUT2D eigenvalue weighted by Gasteiger charge is -2.32. The van der Waals surface area contributed by atoms with Crippen molar-refractivity contribution in [3.05, 3.63) is 101 Å². The molecule has 0 saturated carbocycles. The molecule has 0 fully saturated rings. The van der Waals surface area contributed by atoms with Crippen LogP contribution >= 0.6 is 0 Å². The van der Waals surface area contributed by atoms with Gasteiger partial charge in [-0.15, -0.1) is 0 Å². The highest BCUT2D eigenvalue weighted by atomic mass is 19.1. The Kier molecular flexibility index (Phi) is 4.65. The molecule has 1 atom stereocenters. The highest BCUT2D eigenvalue weighted by molar-refractivity contribution is 5.22. The number of aromatic amines is 1. The Morgan fingerprint density at radius 3 is 2.72 bits per heavy atom. The van der Waals surface area contributed by atoms with Crippen molar-refractivity contribution in [1.82, 2.24) is 25.0 Å². The number of rotatable bonds is 5. The van der Waals surface area contributed by atoms with Crippen molar-refractivity contribution in [1.29, 1.82) is 0 Å². The minimum Gasteiger partial charge on any atom is -0.347 e. The van der Waals surface area contributed by atoms with E-state index in [1.807, 2.05) is 42.5 Å². The Morgan fingerprint density at radius 2 is 1.90 bits per heavy atom. The summed E-state index contributed by atoms with van der Waals surface area (Å²) in [6.45, 7) is 1.34. The van der Waals surface area contributed by atoms with Crippen LogP contribution in [0.3, 0.4) is 0 Å². The maximum atomic E-state index is 13.3. The van der Waals surface area contributed by atoms with Crippen molar-refractivity contribution in [2.45, 2.75) is 32.0 Å². The zero-order chi connectivity index (χ0) is 19.6. The van der Waals surface area contributed by atoms with Gasteiger partial charge in [0.1, 0.15) is 5.82 Å². The molecule has 0 spiro atoms. The topological polar surface area (TPSA) is 70.8 Å². The van der Waals surface area contributed by atoms with Crippen molar-refractivity contribution in [2.24, 2.45) is 0 Å². The fourth-order valence-corrected chi connectivity index (χ4v) is 3.77. The molecular weight excluding hydrogens is 369 g/mol. The van der Waals surface area contributed by atoms with Crippen molar-refractivity contribution < 1.29 is 8.91 Å². The average molecular weight is 389 g/mol. The molecule has 0 amide bonds. The van der Waals surface area contributed by atoms with Crippen molar-refractivity contribution >= 4 is 0 Å². The number of hydrogen-bond donors (Lipinski definition) is 1. The van der Waals surface area contributed by atoms with Crippen LogP contribution in [0.1, 0.15) is 40.3 Å². The first-order chi connectivity index (χ1) is 14.2. The van der Waals surface area contributed by atoms with Crippen molar-refractivity contribution in [3.8, 4) is 0 Å². The molecule has 1 aliphatic rings. The summed E-state index contributed by atoms with van der Waals surface area (Å²) in [5, 5.41) is 4.19. The van der Waals surface area contributed by atoms with Crippen LogP contribution in [0.5, 0.6) is 0 Å². The van der Waals surface area contributed by atoms with Gasteiger partial charge >= 0.3 is 0 Å². The SMILES string of the molecule is Fc1ccc(CN2Cc3[nH]cnc3C[C@H]2c2nc(Cc3ccccc3)no2)cc1. The molecule has 2 aromatic carbocycles. The fraction of sp³-hybridized carbons (Fsp3) is 0.227. The quantitative estimate of drug-likeness (QED) is 0.562. The van der Waals surface area contributed by atoms with E-state index < -0.39 is 0 Å². The zero-order valence-electron chi connectivity index (χ0n) is 15.8. The van der Waals surface area contributed by atoms with E-state index in [-0.39, 0.29) is 11.9 Å². The van der Waals surface area contributed by atoms with Gasteiger partial charge in [-0.25, -0.2) is 9.37 Å². The number of nitrogens with zero attached hydrogens (tertiary/aromatic N) is 4. The summed E-state index contributed by atoms with van der Waals surface area (Å²) in [7, 11) is 0. The smallest absolute Gasteiger partial charge is 0.244 e. The monoisotopic (exact) mass is 389 g/mol. The van der Waals surface area contributed by atoms with Crippen LogP contribution in [0.25, 0.3) is 0 Å². The van der Waals surface area contributed by atoms with Crippen molar-refractivity contribution in [3.63, 3.8) is 0 Å². The second-order valence-corrected chi connectivity index (χ2v) is 7.29. The van der Waals surface area contributed by atoms with E-state index in [0.717, 1.165) is 22.5 Å². The normalized spacial score (nSPS) is 16.7. The molecule has 5 rings (SSSR count). The van der Waals surface area contributed by atoms with Gasteiger partial charge in [-0.1, -0.05) is 47.6 Å². The number of halogens is 1. The summed E-state index contributed by atoms with van der Waals surface area (Å²) >= 11 is 0. The maximum absolute atomic E-state index is 13.3. The van der Waals surface area contributed by atoms with Gasteiger partial charge in [0.2, 0.25) is 5.89 Å². The van der Waals surface area contributed by atoms with Crippen LogP contribution in [0.4, 0.5) is 4.39 Å². The Hall–Kier alpha value is -3.32. The molecule has 6 nitrogen and oxygen atoms in total. The molecule has 1 N–H and O–H groups in total. The molecule has 0 aliphatic carbocycles. The largest absolute Gasteiger partial charge is 0.347 e. The second kappa shape index (κ2) is 7.60. The lowest BCUT2D eigenvalue weighted by atomic mass is 10.0. The minimum absolute atomic E-state index is 0.0760. The minimum atomic E-state index is -0.234. The molecule has 29 heavy (non-hydrogen) atoms. The van der Waals surface area contributed by atoms with Crippen LogP contribution in [0, 0.1) is 5.82 Å². The van der Waals surface area contributed by atoms with Gasteiger partial charge in [-0.2, -0.15) is 4.98 Å². The highest BCUT2D eigenvalue weighted by Gasteiger charge is 2.33. The highest BCUT2D eigenvalue weighted by Crippen LogP contribution is 2.32. The van der Waals surface area contributed by atoms with Crippen molar-refractivity contribution in [2.75, 3.05) is 0 Å². The second-order valence-electron chi connectivity index (χ2n) is 7.29. The summed E-state index contributed by atoms with van der Waals surface area (Å²) in [4.78, 5) is 14.6. The Bertz CT molecular complexity index is 1090. The van der Waals surface area contributed by atoms with Gasteiger partial charge in [0.15, 0.2) is 5.82 Å². The molecule has 0 bridgehead atoms. The van der Waals surface area contributed by atoms with Crippen LogP contribution in [0.15, 0.2) is 65.4 Å². The number of hydrogen-bond acceptors (Lipinski definition) is 5. The third-order valence-corrected chi connectivity index (χ3v) is 5.27. The van der Waals surface area contributed by atoms with Crippen LogP contribution in [-0.4, -0.2) is 25.0 Å². The summed E-state index contributed by atoms with van der Waals surface area (Å²) < 4.78 is 18.9. The molecular formula is C22H20FN5O. The molecule has 0 unspecified atom stereocenters.